The second kappa shape index (κ2) is 6.65. The quantitative estimate of drug-likeness (QED) is 0.614. The van der Waals surface area contributed by atoms with Crippen LogP contribution in [0, 0.1) is 11.8 Å². The Morgan fingerprint density at radius 1 is 0.966 bits per heavy atom. The molecule has 2 heterocycles. The molecule has 29 heavy (non-hydrogen) atoms. The lowest BCUT2D eigenvalue weighted by Gasteiger charge is -2.41. The number of Topliss-reactive ketones (excluding diaryl/α,β-unsaturated/α-hetero) is 2. The Balaban J connectivity index is 1.79. The molecule has 1 saturated heterocycles. The Bertz CT molecular complexity index is 961. The molecule has 2 aliphatic carbocycles. The van der Waals surface area contributed by atoms with Crippen LogP contribution in [0.4, 0.5) is 5.69 Å². The van der Waals surface area contributed by atoms with Gasteiger partial charge in [0.05, 0.1) is 5.92 Å². The first-order valence-corrected chi connectivity index (χ1v) is 10.4. The van der Waals surface area contributed by atoms with Crippen LogP contribution < -0.4 is 5.32 Å². The fourth-order valence-electron chi connectivity index (χ4n) is 5.69. The number of rotatable bonds is 2. The average molecular weight is 393 g/mol. The van der Waals surface area contributed by atoms with Crippen LogP contribution in [0.25, 0.3) is 0 Å². The summed E-state index contributed by atoms with van der Waals surface area (Å²) in [6.07, 6.45) is 5.03. The molecule has 4 aliphatic rings. The van der Waals surface area contributed by atoms with Crippen molar-refractivity contribution in [2.45, 2.75) is 50.4 Å². The minimum absolute atomic E-state index is 0.0886. The lowest BCUT2D eigenvalue weighted by molar-refractivity contribution is -0.151. The molecule has 2 atom stereocenters. The van der Waals surface area contributed by atoms with Gasteiger partial charge in [0, 0.05) is 43.5 Å². The first kappa shape index (κ1) is 18.3. The molecule has 0 spiro atoms. The van der Waals surface area contributed by atoms with Gasteiger partial charge in [-0.05, 0) is 36.8 Å². The summed E-state index contributed by atoms with van der Waals surface area (Å²) in [4.78, 5) is 51.7. The third-order valence-electron chi connectivity index (χ3n) is 6.89. The van der Waals surface area contributed by atoms with Crippen molar-refractivity contribution >= 4 is 29.0 Å². The molecular weight excluding hydrogens is 370 g/mol. The molecule has 1 N–H and O–H groups in total. The second-order valence-electron chi connectivity index (χ2n) is 8.45. The fourth-order valence-corrected chi connectivity index (χ4v) is 5.69. The number of carbonyl (C=O) groups excluding carboxylic acids is 4. The van der Waals surface area contributed by atoms with Crippen molar-refractivity contribution in [2.75, 3.05) is 11.9 Å². The Hall–Kier alpha value is -2.76. The van der Waals surface area contributed by atoms with E-state index in [1.54, 1.807) is 0 Å². The van der Waals surface area contributed by atoms with E-state index < -0.39 is 23.2 Å². The number of fused-ring (bicyclic) bond motifs is 2. The van der Waals surface area contributed by atoms with E-state index in [1.165, 1.54) is 6.08 Å². The Morgan fingerprint density at radius 2 is 1.76 bits per heavy atom. The number of ether oxygens (including phenoxy) is 1. The molecule has 5 rings (SSSR count). The largest absolute Gasteiger partial charge is 0.430 e. The molecule has 0 radical (unpaired) electrons. The molecule has 150 valence electrons. The van der Waals surface area contributed by atoms with Gasteiger partial charge < -0.3 is 10.1 Å². The van der Waals surface area contributed by atoms with Gasteiger partial charge in [-0.1, -0.05) is 18.2 Å². The first-order valence-electron chi connectivity index (χ1n) is 10.4. The number of hydrogen-bond donors (Lipinski definition) is 1. The number of nitrogens with one attached hydrogen (secondary N) is 1. The van der Waals surface area contributed by atoms with Gasteiger partial charge in [0.25, 0.3) is 0 Å². The van der Waals surface area contributed by atoms with Crippen LogP contribution in [-0.2, 0) is 35.8 Å². The Morgan fingerprint density at radius 3 is 2.55 bits per heavy atom. The topological polar surface area (TPSA) is 89.5 Å². The molecule has 1 saturated carbocycles. The minimum Gasteiger partial charge on any atom is -0.430 e. The van der Waals surface area contributed by atoms with E-state index in [0.29, 0.717) is 37.0 Å². The van der Waals surface area contributed by atoms with E-state index in [1.807, 2.05) is 18.2 Å². The van der Waals surface area contributed by atoms with E-state index in [2.05, 4.69) is 5.32 Å². The zero-order valence-corrected chi connectivity index (χ0v) is 16.2. The zero-order chi connectivity index (χ0) is 20.2. The summed E-state index contributed by atoms with van der Waals surface area (Å²) in [7, 11) is 0. The van der Waals surface area contributed by atoms with Gasteiger partial charge in [-0.2, -0.15) is 0 Å². The van der Waals surface area contributed by atoms with Crippen LogP contribution in [0.15, 0.2) is 30.0 Å². The summed E-state index contributed by atoms with van der Waals surface area (Å²) in [5, 5.41) is 3.41. The maximum Gasteiger partial charge on any atom is 0.323 e. The monoisotopic (exact) mass is 393 g/mol. The van der Waals surface area contributed by atoms with Gasteiger partial charge in [-0.3, -0.25) is 19.2 Å². The molecule has 6 nitrogen and oxygen atoms in total. The summed E-state index contributed by atoms with van der Waals surface area (Å²) >= 11 is 0. The van der Waals surface area contributed by atoms with Gasteiger partial charge in [0.15, 0.2) is 5.78 Å². The lowest BCUT2D eigenvalue weighted by atomic mass is 9.56. The number of esters is 1. The molecule has 0 aromatic heterocycles. The molecule has 2 aliphatic heterocycles. The number of carbonyl (C=O) groups is 4. The first-order chi connectivity index (χ1) is 14.0. The minimum atomic E-state index is -1.39. The number of ketones is 3. The number of aryl methyl sites for hydroxylation is 1. The van der Waals surface area contributed by atoms with E-state index in [9.17, 15) is 19.2 Å². The number of allylic oxidation sites excluding steroid dienone is 2. The van der Waals surface area contributed by atoms with Crippen molar-refractivity contribution in [3.8, 4) is 0 Å². The molecule has 2 unspecified atom stereocenters. The predicted octanol–water partition coefficient (Wildman–Crippen LogP) is 2.64. The summed E-state index contributed by atoms with van der Waals surface area (Å²) in [5.74, 6) is -2.26. The van der Waals surface area contributed by atoms with Crippen molar-refractivity contribution < 1.29 is 23.9 Å². The summed E-state index contributed by atoms with van der Waals surface area (Å²) in [6.45, 7) is 0.771. The maximum atomic E-state index is 13.5. The lowest BCUT2D eigenvalue weighted by Crippen LogP contribution is -2.53. The van der Waals surface area contributed by atoms with Crippen molar-refractivity contribution in [1.82, 2.24) is 0 Å². The van der Waals surface area contributed by atoms with Crippen LogP contribution in [-0.4, -0.2) is 29.9 Å². The molecule has 1 aromatic rings. The predicted molar refractivity (Wildman–Crippen MR) is 104 cm³/mol. The van der Waals surface area contributed by atoms with Crippen molar-refractivity contribution in [3.05, 3.63) is 41.2 Å². The van der Waals surface area contributed by atoms with Gasteiger partial charge in [0.1, 0.15) is 22.7 Å². The fraction of sp³-hybridized carbons (Fsp3) is 0.478. The number of benzene rings is 1. The van der Waals surface area contributed by atoms with Crippen molar-refractivity contribution in [1.29, 1.82) is 0 Å². The SMILES string of the molecule is O=C1C=C2OC(=O)C(c3cccc4c3NCCC4)(C3C(=O)CCCC3=O)C2CC1. The third-order valence-corrected chi connectivity index (χ3v) is 6.89. The van der Waals surface area contributed by atoms with E-state index in [0.717, 1.165) is 30.6 Å². The molecule has 6 heteroatoms. The van der Waals surface area contributed by atoms with E-state index in [-0.39, 0.29) is 23.8 Å². The zero-order valence-electron chi connectivity index (χ0n) is 16.2. The summed E-state index contributed by atoms with van der Waals surface area (Å²) in [6, 6.07) is 5.77. The van der Waals surface area contributed by atoms with E-state index in [4.69, 9.17) is 4.74 Å². The Labute approximate surface area is 168 Å². The highest BCUT2D eigenvalue weighted by molar-refractivity contribution is 6.12. The van der Waals surface area contributed by atoms with Crippen LogP contribution in [0.5, 0.6) is 0 Å². The van der Waals surface area contributed by atoms with Crippen LogP contribution in [0.1, 0.15) is 49.7 Å². The van der Waals surface area contributed by atoms with Gasteiger partial charge in [-0.15, -0.1) is 0 Å². The highest BCUT2D eigenvalue weighted by Gasteiger charge is 2.65. The van der Waals surface area contributed by atoms with Gasteiger partial charge in [0.2, 0.25) is 0 Å². The molecule has 0 amide bonds. The standard InChI is InChI=1S/C23H23NO5/c25-14-9-10-15-19(12-14)29-22(28)23(15,20-17(26)7-2-8-18(20)27)16-6-1-4-13-5-3-11-24-21(13)16/h1,4,6,12,15,20,24H,2-3,5,7-11H2. The Kier molecular flexibility index (Phi) is 4.19. The summed E-state index contributed by atoms with van der Waals surface area (Å²) < 4.78 is 5.62. The molecule has 2 fully saturated rings. The normalized spacial score (nSPS) is 29.7. The third kappa shape index (κ3) is 2.54. The highest BCUT2D eigenvalue weighted by Crippen LogP contribution is 2.56. The second-order valence-corrected chi connectivity index (χ2v) is 8.45. The number of hydrogen-bond acceptors (Lipinski definition) is 6. The maximum absolute atomic E-state index is 13.5. The van der Waals surface area contributed by atoms with Crippen molar-refractivity contribution in [3.63, 3.8) is 0 Å². The molecule has 0 bridgehead atoms. The van der Waals surface area contributed by atoms with E-state index >= 15 is 0 Å². The van der Waals surface area contributed by atoms with Crippen LogP contribution in [0.2, 0.25) is 0 Å². The van der Waals surface area contributed by atoms with Crippen LogP contribution >= 0.6 is 0 Å². The molecular formula is C23H23NO5. The van der Waals surface area contributed by atoms with Crippen LogP contribution in [0.3, 0.4) is 0 Å². The smallest absolute Gasteiger partial charge is 0.323 e. The van der Waals surface area contributed by atoms with Gasteiger partial charge >= 0.3 is 5.97 Å². The number of para-hydroxylation sites is 1. The van der Waals surface area contributed by atoms with Gasteiger partial charge in [-0.25, -0.2) is 0 Å². The average Bonchev–Trinajstić information content (AvgIpc) is 2.99. The molecule has 1 aromatic carbocycles. The highest BCUT2D eigenvalue weighted by atomic mass is 16.5. The van der Waals surface area contributed by atoms with Crippen molar-refractivity contribution in [2.24, 2.45) is 11.8 Å². The number of anilines is 1. The summed E-state index contributed by atoms with van der Waals surface area (Å²) in [5.41, 5.74) is 1.22.